The molecule has 1 saturated carbocycles. The van der Waals surface area contributed by atoms with Gasteiger partial charge in [0.2, 0.25) is 21.2 Å². The van der Waals surface area contributed by atoms with Crippen molar-refractivity contribution in [2.24, 2.45) is 0 Å². The number of hydrogen-bond donors (Lipinski definition) is 1. The molecule has 7 nitrogen and oxygen atoms in total. The number of nitrogens with one attached hydrogen (secondary N) is 1. The van der Waals surface area contributed by atoms with Crippen molar-refractivity contribution >= 4 is 26.8 Å². The summed E-state index contributed by atoms with van der Waals surface area (Å²) in [6.45, 7) is 3.66. The van der Waals surface area contributed by atoms with Crippen LogP contribution in [0.4, 0.5) is 0 Å². The maximum atomic E-state index is 13.3. The summed E-state index contributed by atoms with van der Waals surface area (Å²) in [5.74, 6) is -0.221. The van der Waals surface area contributed by atoms with Crippen LogP contribution in [0.15, 0.2) is 57.2 Å². The Morgan fingerprint density at radius 1 is 1.12 bits per heavy atom. The number of hydrogen-bond acceptors (Lipinski definition) is 5. The molecule has 1 fully saturated rings. The Kier molecular flexibility index (Phi) is 6.15. The molecular formula is C24H27N3O4S. The fraction of sp³-hybridized carbons (Fsp3) is 0.375. The molecule has 2 heterocycles. The van der Waals surface area contributed by atoms with Crippen molar-refractivity contribution in [1.82, 2.24) is 14.9 Å². The molecule has 4 rings (SSSR count). The normalized spacial score (nSPS) is 14.7. The molecule has 0 saturated heterocycles. The molecule has 0 spiro atoms. The number of nitrogens with zero attached hydrogens (tertiary/aromatic N) is 2. The maximum absolute atomic E-state index is 13.3. The van der Waals surface area contributed by atoms with Crippen molar-refractivity contribution < 1.29 is 13.2 Å². The van der Waals surface area contributed by atoms with Gasteiger partial charge in [-0.1, -0.05) is 31.9 Å². The van der Waals surface area contributed by atoms with Crippen LogP contribution in [0.5, 0.6) is 0 Å². The van der Waals surface area contributed by atoms with Gasteiger partial charge in [0, 0.05) is 17.9 Å². The van der Waals surface area contributed by atoms with E-state index in [0.717, 1.165) is 37.7 Å². The van der Waals surface area contributed by atoms with Crippen LogP contribution in [-0.4, -0.2) is 29.9 Å². The van der Waals surface area contributed by atoms with E-state index in [1.807, 2.05) is 6.92 Å². The Morgan fingerprint density at radius 3 is 2.47 bits per heavy atom. The molecule has 0 unspecified atom stereocenters. The van der Waals surface area contributed by atoms with Crippen LogP contribution in [0.2, 0.25) is 0 Å². The minimum absolute atomic E-state index is 0.0492. The molecule has 1 aromatic carbocycles. The second-order valence-electron chi connectivity index (χ2n) is 8.32. The second kappa shape index (κ2) is 8.86. The zero-order valence-corrected chi connectivity index (χ0v) is 19.1. The Balaban J connectivity index is 1.80. The largest absolute Gasteiger partial charge is 0.352 e. The molecule has 3 aromatic rings. The van der Waals surface area contributed by atoms with Crippen LogP contribution < -0.4 is 10.7 Å². The first-order chi connectivity index (χ1) is 15.3. The lowest BCUT2D eigenvalue weighted by Crippen LogP contribution is -2.35. The van der Waals surface area contributed by atoms with E-state index in [4.69, 9.17) is 0 Å². The highest BCUT2D eigenvalue weighted by Crippen LogP contribution is 2.22. The molecule has 0 atom stereocenters. The SMILES string of the molecule is CCc1ccc(S(=O)(=O)c2cn(CC(=O)NC3CCCC3)c3nc(C)ccc3c2=O)cc1. The van der Waals surface area contributed by atoms with E-state index < -0.39 is 15.3 Å². The minimum atomic E-state index is -4.07. The topological polar surface area (TPSA) is 98.1 Å². The highest BCUT2D eigenvalue weighted by Gasteiger charge is 2.25. The van der Waals surface area contributed by atoms with Crippen LogP contribution in [0.25, 0.3) is 11.0 Å². The summed E-state index contributed by atoms with van der Waals surface area (Å²) >= 11 is 0. The Hall–Kier alpha value is -3.00. The molecule has 8 heteroatoms. The second-order valence-corrected chi connectivity index (χ2v) is 10.2. The third-order valence-corrected chi connectivity index (χ3v) is 7.76. The lowest BCUT2D eigenvalue weighted by molar-refractivity contribution is -0.122. The number of sulfone groups is 1. The summed E-state index contributed by atoms with van der Waals surface area (Å²) in [6.07, 6.45) is 6.11. The Morgan fingerprint density at radius 2 is 1.81 bits per heavy atom. The summed E-state index contributed by atoms with van der Waals surface area (Å²) in [5, 5.41) is 3.19. The summed E-state index contributed by atoms with van der Waals surface area (Å²) < 4.78 is 28.2. The monoisotopic (exact) mass is 453 g/mol. The molecule has 0 bridgehead atoms. The maximum Gasteiger partial charge on any atom is 0.240 e. The molecule has 1 N–H and O–H groups in total. The van der Waals surface area contributed by atoms with Crippen molar-refractivity contribution in [3.63, 3.8) is 0 Å². The van der Waals surface area contributed by atoms with Gasteiger partial charge in [0.15, 0.2) is 0 Å². The fourth-order valence-corrected chi connectivity index (χ4v) is 5.54. The first-order valence-corrected chi connectivity index (χ1v) is 12.4. The molecular weight excluding hydrogens is 426 g/mol. The van der Waals surface area contributed by atoms with E-state index in [0.29, 0.717) is 11.3 Å². The van der Waals surface area contributed by atoms with Crippen molar-refractivity contribution in [2.45, 2.75) is 68.3 Å². The van der Waals surface area contributed by atoms with Crippen LogP contribution in [-0.2, 0) is 27.6 Å². The molecule has 2 aromatic heterocycles. The van der Waals surface area contributed by atoms with Gasteiger partial charge in [-0.05, 0) is 56.0 Å². The van der Waals surface area contributed by atoms with E-state index in [1.54, 1.807) is 31.2 Å². The summed E-state index contributed by atoms with van der Waals surface area (Å²) in [4.78, 5) is 30.0. The Bertz CT molecular complexity index is 1320. The minimum Gasteiger partial charge on any atom is -0.352 e. The van der Waals surface area contributed by atoms with Gasteiger partial charge in [-0.3, -0.25) is 9.59 Å². The Labute approximate surface area is 187 Å². The van der Waals surface area contributed by atoms with Crippen LogP contribution in [0.3, 0.4) is 0 Å². The van der Waals surface area contributed by atoms with E-state index in [9.17, 15) is 18.0 Å². The van der Waals surface area contributed by atoms with E-state index in [2.05, 4.69) is 10.3 Å². The molecule has 0 aliphatic heterocycles. The number of fused-ring (bicyclic) bond motifs is 1. The average molecular weight is 454 g/mol. The van der Waals surface area contributed by atoms with Gasteiger partial charge in [-0.25, -0.2) is 13.4 Å². The summed E-state index contributed by atoms with van der Waals surface area (Å²) in [6, 6.07) is 9.90. The van der Waals surface area contributed by atoms with Crippen molar-refractivity contribution in [1.29, 1.82) is 0 Å². The van der Waals surface area contributed by atoms with Crippen LogP contribution in [0, 0.1) is 6.92 Å². The van der Waals surface area contributed by atoms with E-state index in [-0.39, 0.29) is 33.7 Å². The van der Waals surface area contributed by atoms with Crippen molar-refractivity contribution in [3.8, 4) is 0 Å². The number of carbonyl (C=O) groups excluding carboxylic acids is 1. The average Bonchev–Trinajstić information content (AvgIpc) is 3.28. The zero-order chi connectivity index (χ0) is 22.9. The van der Waals surface area contributed by atoms with E-state index in [1.165, 1.54) is 22.9 Å². The predicted molar refractivity (Wildman–Crippen MR) is 122 cm³/mol. The van der Waals surface area contributed by atoms with E-state index >= 15 is 0 Å². The molecule has 0 radical (unpaired) electrons. The number of amides is 1. The molecule has 1 amide bonds. The lowest BCUT2D eigenvalue weighted by atomic mass is 10.2. The molecule has 1 aliphatic rings. The lowest BCUT2D eigenvalue weighted by Gasteiger charge is -2.16. The predicted octanol–water partition coefficient (Wildman–Crippen LogP) is 3.16. The number of pyridine rings is 2. The number of aryl methyl sites for hydroxylation is 2. The van der Waals surface area contributed by atoms with Gasteiger partial charge in [0.25, 0.3) is 0 Å². The smallest absolute Gasteiger partial charge is 0.240 e. The van der Waals surface area contributed by atoms with Gasteiger partial charge >= 0.3 is 0 Å². The standard InChI is InChI=1S/C24H27N3O4S/c1-3-17-9-11-19(12-10-17)32(30,31)21-14-27(15-22(28)26-18-6-4-5-7-18)24-20(23(21)29)13-8-16(2)25-24/h8-14,18H,3-7,15H2,1-2H3,(H,26,28). The summed E-state index contributed by atoms with van der Waals surface area (Å²) in [7, 11) is -4.07. The number of benzene rings is 1. The number of rotatable bonds is 6. The summed E-state index contributed by atoms with van der Waals surface area (Å²) in [5.41, 5.74) is 1.37. The fourth-order valence-electron chi connectivity index (χ4n) is 4.17. The highest BCUT2D eigenvalue weighted by molar-refractivity contribution is 7.91. The third-order valence-electron chi connectivity index (χ3n) is 5.99. The molecule has 168 valence electrons. The highest BCUT2D eigenvalue weighted by atomic mass is 32.2. The van der Waals surface area contributed by atoms with Crippen LogP contribution >= 0.6 is 0 Å². The van der Waals surface area contributed by atoms with Gasteiger partial charge in [0.05, 0.1) is 10.3 Å². The van der Waals surface area contributed by atoms with Gasteiger partial charge in [-0.15, -0.1) is 0 Å². The molecule has 32 heavy (non-hydrogen) atoms. The van der Waals surface area contributed by atoms with Crippen molar-refractivity contribution in [3.05, 3.63) is 64.1 Å². The van der Waals surface area contributed by atoms with Crippen molar-refractivity contribution in [2.75, 3.05) is 0 Å². The van der Waals surface area contributed by atoms with Gasteiger partial charge in [0.1, 0.15) is 17.1 Å². The third kappa shape index (κ3) is 4.32. The number of aromatic nitrogens is 2. The quantitative estimate of drug-likeness (QED) is 0.618. The zero-order valence-electron chi connectivity index (χ0n) is 18.3. The first kappa shape index (κ1) is 22.2. The van der Waals surface area contributed by atoms with Gasteiger partial charge < -0.3 is 9.88 Å². The molecule has 1 aliphatic carbocycles. The first-order valence-electron chi connectivity index (χ1n) is 10.9. The van der Waals surface area contributed by atoms with Gasteiger partial charge in [-0.2, -0.15) is 0 Å². The van der Waals surface area contributed by atoms with Crippen LogP contribution in [0.1, 0.15) is 43.9 Å². The number of carbonyl (C=O) groups is 1.